The monoisotopic (exact) mass is 299 g/mol. The van der Waals surface area contributed by atoms with Gasteiger partial charge in [-0.1, -0.05) is 6.92 Å². The van der Waals surface area contributed by atoms with Crippen molar-refractivity contribution in [1.82, 2.24) is 10.2 Å². The Balaban J connectivity index is 2.53. The number of ether oxygens (including phenoxy) is 1. The smallest absolute Gasteiger partial charge is 0.239 e. The van der Waals surface area contributed by atoms with Crippen LogP contribution in [0, 0.1) is 11.3 Å². The second kappa shape index (κ2) is 8.34. The summed E-state index contributed by atoms with van der Waals surface area (Å²) in [5, 5.41) is 2.72. The van der Waals surface area contributed by atoms with Crippen molar-refractivity contribution in [2.75, 3.05) is 40.4 Å². The van der Waals surface area contributed by atoms with Crippen molar-refractivity contribution in [3.8, 4) is 0 Å². The molecule has 0 heterocycles. The molecule has 0 atom stereocenters. The number of nitrogens with zero attached hydrogens (tertiary/aromatic N) is 1. The van der Waals surface area contributed by atoms with Gasteiger partial charge in [-0.25, -0.2) is 0 Å². The molecule has 0 saturated heterocycles. The molecule has 122 valence electrons. The van der Waals surface area contributed by atoms with E-state index in [9.17, 15) is 9.59 Å². The summed E-state index contributed by atoms with van der Waals surface area (Å²) in [5.41, 5.74) is 5.41. The third kappa shape index (κ3) is 4.97. The molecule has 1 fully saturated rings. The molecule has 0 aromatic carbocycles. The predicted octanol–water partition coefficient (Wildman–Crippen LogP) is 0.363. The molecular formula is C15H29N3O3. The van der Waals surface area contributed by atoms with Gasteiger partial charge in [-0.05, 0) is 31.6 Å². The van der Waals surface area contributed by atoms with Gasteiger partial charge in [0.05, 0.1) is 18.6 Å². The minimum atomic E-state index is -0.478. The van der Waals surface area contributed by atoms with Crippen LogP contribution < -0.4 is 11.1 Å². The molecule has 0 aliphatic heterocycles. The maximum atomic E-state index is 12.7. The largest absolute Gasteiger partial charge is 0.383 e. The van der Waals surface area contributed by atoms with Crippen molar-refractivity contribution in [3.05, 3.63) is 0 Å². The third-order valence-corrected chi connectivity index (χ3v) is 4.43. The Morgan fingerprint density at radius 3 is 2.52 bits per heavy atom. The van der Waals surface area contributed by atoms with Crippen LogP contribution in [0.3, 0.4) is 0 Å². The van der Waals surface area contributed by atoms with Crippen molar-refractivity contribution < 1.29 is 14.3 Å². The quantitative estimate of drug-likeness (QED) is 0.665. The number of nitrogens with two attached hydrogens (primary N) is 1. The molecule has 0 spiro atoms. The first-order valence-electron chi connectivity index (χ1n) is 7.66. The summed E-state index contributed by atoms with van der Waals surface area (Å²) in [6.45, 7) is 3.55. The van der Waals surface area contributed by atoms with Gasteiger partial charge in [0.1, 0.15) is 0 Å². The highest BCUT2D eigenvalue weighted by Gasteiger charge is 2.41. The Morgan fingerprint density at radius 2 is 2.00 bits per heavy atom. The zero-order valence-electron chi connectivity index (χ0n) is 13.5. The number of methoxy groups -OCH3 is 1. The summed E-state index contributed by atoms with van der Waals surface area (Å²) in [4.78, 5) is 25.9. The SMILES string of the molecule is COCCNC(=O)CN(C)C(=O)C1(CN)CCC(C)CC1. The molecule has 0 unspecified atom stereocenters. The maximum absolute atomic E-state index is 12.7. The lowest BCUT2D eigenvalue weighted by atomic mass is 9.70. The Hall–Kier alpha value is -1.14. The fourth-order valence-corrected chi connectivity index (χ4v) is 2.86. The number of nitrogens with one attached hydrogen (secondary N) is 1. The molecule has 6 nitrogen and oxygen atoms in total. The highest BCUT2D eigenvalue weighted by molar-refractivity contribution is 5.88. The summed E-state index contributed by atoms with van der Waals surface area (Å²) in [6.07, 6.45) is 3.69. The number of likely N-dealkylation sites (N-methyl/N-ethyl adjacent to an activating group) is 1. The van der Waals surface area contributed by atoms with E-state index in [1.165, 1.54) is 4.90 Å². The average Bonchev–Trinajstić information content (AvgIpc) is 2.48. The molecule has 1 rings (SSSR count). The lowest BCUT2D eigenvalue weighted by molar-refractivity contribution is -0.145. The number of carbonyl (C=O) groups excluding carboxylic acids is 2. The van der Waals surface area contributed by atoms with Crippen LogP contribution in [0.1, 0.15) is 32.6 Å². The van der Waals surface area contributed by atoms with Crippen molar-refractivity contribution in [3.63, 3.8) is 0 Å². The van der Waals surface area contributed by atoms with E-state index < -0.39 is 5.41 Å². The van der Waals surface area contributed by atoms with Gasteiger partial charge in [-0.3, -0.25) is 9.59 Å². The van der Waals surface area contributed by atoms with Crippen molar-refractivity contribution in [2.45, 2.75) is 32.6 Å². The van der Waals surface area contributed by atoms with Crippen LogP contribution in [0.4, 0.5) is 0 Å². The third-order valence-electron chi connectivity index (χ3n) is 4.43. The topological polar surface area (TPSA) is 84.7 Å². The van der Waals surface area contributed by atoms with Crippen LogP contribution in [0.25, 0.3) is 0 Å². The van der Waals surface area contributed by atoms with E-state index in [4.69, 9.17) is 10.5 Å². The van der Waals surface area contributed by atoms with Gasteiger partial charge < -0.3 is 20.7 Å². The Bertz CT molecular complexity index is 352. The summed E-state index contributed by atoms with van der Waals surface area (Å²) in [6, 6.07) is 0. The van der Waals surface area contributed by atoms with Crippen LogP contribution in [-0.2, 0) is 14.3 Å². The molecule has 1 saturated carbocycles. The van der Waals surface area contributed by atoms with Gasteiger partial charge >= 0.3 is 0 Å². The molecule has 0 bridgehead atoms. The molecular weight excluding hydrogens is 270 g/mol. The zero-order chi connectivity index (χ0) is 15.9. The predicted molar refractivity (Wildman–Crippen MR) is 81.6 cm³/mol. The van der Waals surface area contributed by atoms with Crippen molar-refractivity contribution >= 4 is 11.8 Å². The summed E-state index contributed by atoms with van der Waals surface area (Å²) >= 11 is 0. The summed E-state index contributed by atoms with van der Waals surface area (Å²) in [5.74, 6) is 0.484. The normalized spacial score (nSPS) is 25.4. The number of rotatable bonds is 7. The van der Waals surface area contributed by atoms with Gasteiger partial charge in [0, 0.05) is 27.2 Å². The highest BCUT2D eigenvalue weighted by atomic mass is 16.5. The van der Waals surface area contributed by atoms with Gasteiger partial charge in [-0.2, -0.15) is 0 Å². The summed E-state index contributed by atoms with van der Waals surface area (Å²) in [7, 11) is 3.25. The Kier molecular flexibility index (Phi) is 7.11. The molecule has 3 N–H and O–H groups in total. The van der Waals surface area contributed by atoms with Crippen LogP contribution in [0.5, 0.6) is 0 Å². The summed E-state index contributed by atoms with van der Waals surface area (Å²) < 4.78 is 4.87. The Morgan fingerprint density at radius 1 is 1.38 bits per heavy atom. The lowest BCUT2D eigenvalue weighted by Crippen LogP contribution is -2.50. The van der Waals surface area contributed by atoms with E-state index >= 15 is 0 Å². The first kappa shape index (κ1) is 17.9. The molecule has 1 aliphatic carbocycles. The minimum absolute atomic E-state index is 0.00112. The van der Waals surface area contributed by atoms with E-state index in [2.05, 4.69) is 12.2 Å². The molecule has 6 heteroatoms. The van der Waals surface area contributed by atoms with Crippen LogP contribution >= 0.6 is 0 Å². The molecule has 21 heavy (non-hydrogen) atoms. The maximum Gasteiger partial charge on any atom is 0.239 e. The lowest BCUT2D eigenvalue weighted by Gasteiger charge is -2.39. The van der Waals surface area contributed by atoms with E-state index in [1.807, 2.05) is 0 Å². The van der Waals surface area contributed by atoms with E-state index in [1.54, 1.807) is 14.2 Å². The van der Waals surface area contributed by atoms with Gasteiger partial charge in [0.15, 0.2) is 0 Å². The number of hydrogen-bond acceptors (Lipinski definition) is 4. The Labute approximate surface area is 127 Å². The van der Waals surface area contributed by atoms with Gasteiger partial charge in [0.2, 0.25) is 11.8 Å². The van der Waals surface area contributed by atoms with Gasteiger partial charge in [-0.15, -0.1) is 0 Å². The molecule has 1 aliphatic rings. The second-order valence-electron chi connectivity index (χ2n) is 6.17. The molecule has 0 aromatic heterocycles. The number of hydrogen-bond donors (Lipinski definition) is 2. The van der Waals surface area contributed by atoms with Crippen LogP contribution in [-0.4, -0.2) is 57.1 Å². The van der Waals surface area contributed by atoms with Crippen molar-refractivity contribution in [2.24, 2.45) is 17.1 Å². The van der Waals surface area contributed by atoms with Crippen LogP contribution in [0.15, 0.2) is 0 Å². The first-order chi connectivity index (χ1) is 9.95. The number of amides is 2. The highest BCUT2D eigenvalue weighted by Crippen LogP contribution is 2.39. The molecule has 0 radical (unpaired) electrons. The standard InChI is InChI=1S/C15H29N3O3/c1-12-4-6-15(11-16,7-5-12)14(20)18(2)10-13(19)17-8-9-21-3/h12H,4-11,16H2,1-3H3,(H,17,19). The number of carbonyl (C=O) groups is 2. The fourth-order valence-electron chi connectivity index (χ4n) is 2.86. The molecule has 2 amide bonds. The van der Waals surface area contributed by atoms with E-state index in [-0.39, 0.29) is 18.4 Å². The van der Waals surface area contributed by atoms with E-state index in [0.29, 0.717) is 25.6 Å². The second-order valence-corrected chi connectivity index (χ2v) is 6.17. The zero-order valence-corrected chi connectivity index (χ0v) is 13.5. The first-order valence-corrected chi connectivity index (χ1v) is 7.66. The average molecular weight is 299 g/mol. The van der Waals surface area contributed by atoms with Crippen molar-refractivity contribution in [1.29, 1.82) is 0 Å². The van der Waals surface area contributed by atoms with Crippen LogP contribution in [0.2, 0.25) is 0 Å². The van der Waals surface area contributed by atoms with Gasteiger partial charge in [0.25, 0.3) is 0 Å². The molecule has 0 aromatic rings. The fraction of sp³-hybridized carbons (Fsp3) is 0.867. The minimum Gasteiger partial charge on any atom is -0.383 e. The van der Waals surface area contributed by atoms with E-state index in [0.717, 1.165) is 25.7 Å².